The highest BCUT2D eigenvalue weighted by molar-refractivity contribution is 5.36. The van der Waals surface area contributed by atoms with Gasteiger partial charge in [-0.15, -0.1) is 10.2 Å². The maximum atomic E-state index is 4.51. The maximum Gasteiger partial charge on any atom is 0.177 e. The molecule has 3 aromatic heterocycles. The van der Waals surface area contributed by atoms with Gasteiger partial charge in [-0.3, -0.25) is 4.90 Å². The third-order valence-corrected chi connectivity index (χ3v) is 4.35. The second kappa shape index (κ2) is 6.48. The summed E-state index contributed by atoms with van der Waals surface area (Å²) in [4.78, 5) is 10.6. The predicted molar refractivity (Wildman–Crippen MR) is 89.5 cm³/mol. The number of fused-ring (bicyclic) bond motifs is 1. The number of aryl methyl sites for hydroxylation is 1. The highest BCUT2D eigenvalue weighted by Crippen LogP contribution is 2.16. The van der Waals surface area contributed by atoms with E-state index < -0.39 is 0 Å². The summed E-state index contributed by atoms with van der Waals surface area (Å²) in [5, 5.41) is 16.5. The lowest BCUT2D eigenvalue weighted by molar-refractivity contribution is 0.205. The third kappa shape index (κ3) is 3.18. The topological polar surface area (TPSA) is 84.1 Å². The van der Waals surface area contributed by atoms with Crippen LogP contribution in [0, 0.1) is 6.92 Å². The first kappa shape index (κ1) is 14.9. The van der Waals surface area contributed by atoms with Gasteiger partial charge in [-0.05, 0) is 38.0 Å². The van der Waals surface area contributed by atoms with Gasteiger partial charge in [-0.25, -0.2) is 9.97 Å². The van der Waals surface area contributed by atoms with Crippen LogP contribution in [0.5, 0.6) is 0 Å². The number of hydrogen-bond donors (Lipinski definition) is 1. The summed E-state index contributed by atoms with van der Waals surface area (Å²) in [6, 6.07) is 6.27. The van der Waals surface area contributed by atoms with Crippen LogP contribution in [0.1, 0.15) is 24.4 Å². The Morgan fingerprint density at radius 1 is 1.17 bits per heavy atom. The molecule has 0 unspecified atom stereocenters. The van der Waals surface area contributed by atoms with Crippen LogP contribution in [0.25, 0.3) is 5.65 Å². The largest absolute Gasteiger partial charge is 0.367 e. The van der Waals surface area contributed by atoms with E-state index in [-0.39, 0.29) is 0 Å². The molecule has 0 radical (unpaired) electrons. The van der Waals surface area contributed by atoms with Crippen LogP contribution in [0.15, 0.2) is 30.7 Å². The zero-order chi connectivity index (χ0) is 16.4. The van der Waals surface area contributed by atoms with Gasteiger partial charge in [0.15, 0.2) is 11.5 Å². The molecule has 1 aliphatic heterocycles. The van der Waals surface area contributed by atoms with E-state index in [1.807, 2.05) is 29.6 Å². The van der Waals surface area contributed by atoms with Gasteiger partial charge in [0.1, 0.15) is 12.1 Å². The van der Waals surface area contributed by atoms with Crippen molar-refractivity contribution >= 4 is 11.5 Å². The highest BCUT2D eigenvalue weighted by Gasteiger charge is 2.21. The Hall–Kier alpha value is -2.61. The lowest BCUT2D eigenvalue weighted by Gasteiger charge is -2.31. The zero-order valence-corrected chi connectivity index (χ0v) is 13.6. The summed E-state index contributed by atoms with van der Waals surface area (Å²) in [7, 11) is 0. The Kier molecular flexibility index (Phi) is 4.04. The molecule has 0 saturated carbocycles. The number of aromatic nitrogens is 6. The maximum absolute atomic E-state index is 4.51. The summed E-state index contributed by atoms with van der Waals surface area (Å²) < 4.78 is 1.85. The molecule has 1 aliphatic rings. The van der Waals surface area contributed by atoms with E-state index >= 15 is 0 Å². The zero-order valence-electron chi connectivity index (χ0n) is 13.6. The smallest absolute Gasteiger partial charge is 0.177 e. The van der Waals surface area contributed by atoms with Crippen LogP contribution in [0.3, 0.4) is 0 Å². The fourth-order valence-corrected chi connectivity index (χ4v) is 3.04. The number of piperidine rings is 1. The van der Waals surface area contributed by atoms with Crippen molar-refractivity contribution in [2.75, 3.05) is 18.4 Å². The summed E-state index contributed by atoms with van der Waals surface area (Å²) in [5.74, 6) is 1.79. The number of nitrogens with one attached hydrogen (secondary N) is 1. The van der Waals surface area contributed by atoms with E-state index in [1.54, 1.807) is 12.5 Å². The van der Waals surface area contributed by atoms with E-state index in [0.29, 0.717) is 6.04 Å². The summed E-state index contributed by atoms with van der Waals surface area (Å²) in [5.41, 5.74) is 1.77. The second-order valence-corrected chi connectivity index (χ2v) is 6.15. The van der Waals surface area contributed by atoms with E-state index in [0.717, 1.165) is 55.5 Å². The molecule has 0 amide bonds. The van der Waals surface area contributed by atoms with Gasteiger partial charge in [0.25, 0.3) is 0 Å². The SMILES string of the molecule is Cc1ccc2nnc(CN3CCC(Nc4ccncn4)CC3)n2n1. The molecule has 3 aromatic rings. The van der Waals surface area contributed by atoms with Gasteiger partial charge in [-0.2, -0.15) is 9.61 Å². The Balaban J connectivity index is 1.36. The van der Waals surface area contributed by atoms with Crippen LogP contribution in [0.4, 0.5) is 5.82 Å². The Morgan fingerprint density at radius 2 is 2.04 bits per heavy atom. The van der Waals surface area contributed by atoms with E-state index in [1.165, 1.54) is 0 Å². The normalized spacial score (nSPS) is 16.5. The molecular weight excluding hydrogens is 304 g/mol. The van der Waals surface area contributed by atoms with Crippen molar-refractivity contribution in [3.05, 3.63) is 42.2 Å². The van der Waals surface area contributed by atoms with E-state index in [4.69, 9.17) is 0 Å². The van der Waals surface area contributed by atoms with E-state index in [9.17, 15) is 0 Å². The third-order valence-electron chi connectivity index (χ3n) is 4.35. The Morgan fingerprint density at radius 3 is 2.83 bits per heavy atom. The average Bonchev–Trinajstić information content (AvgIpc) is 3.00. The van der Waals surface area contributed by atoms with Crippen molar-refractivity contribution in [1.82, 2.24) is 34.7 Å². The molecule has 124 valence electrons. The van der Waals surface area contributed by atoms with Gasteiger partial charge >= 0.3 is 0 Å². The number of hydrogen-bond acceptors (Lipinski definition) is 7. The standard InChI is InChI=1S/C16H20N8/c1-12-2-3-15-20-21-16(24(15)22-12)10-23-8-5-13(6-9-23)19-14-4-7-17-11-18-14/h2-4,7,11,13H,5-6,8-10H2,1H3,(H,17,18,19). The molecule has 8 nitrogen and oxygen atoms in total. The molecule has 4 heterocycles. The van der Waals surface area contributed by atoms with Crippen molar-refractivity contribution in [1.29, 1.82) is 0 Å². The van der Waals surface area contributed by atoms with Crippen LogP contribution < -0.4 is 5.32 Å². The highest BCUT2D eigenvalue weighted by atomic mass is 15.4. The first-order valence-electron chi connectivity index (χ1n) is 8.21. The van der Waals surface area contributed by atoms with E-state index in [2.05, 4.69) is 35.5 Å². The molecule has 1 fully saturated rings. The summed E-state index contributed by atoms with van der Waals surface area (Å²) in [6.07, 6.45) is 5.49. The number of likely N-dealkylation sites (tertiary alicyclic amines) is 1. The van der Waals surface area contributed by atoms with Crippen molar-refractivity contribution in [2.24, 2.45) is 0 Å². The molecule has 1 saturated heterocycles. The molecule has 24 heavy (non-hydrogen) atoms. The lowest BCUT2D eigenvalue weighted by atomic mass is 10.1. The van der Waals surface area contributed by atoms with Gasteiger partial charge in [0, 0.05) is 25.3 Å². The Bertz CT molecular complexity index is 807. The summed E-state index contributed by atoms with van der Waals surface area (Å²) in [6.45, 7) is 4.79. The predicted octanol–water partition coefficient (Wildman–Crippen LogP) is 1.30. The number of rotatable bonds is 4. The van der Waals surface area contributed by atoms with Crippen LogP contribution in [-0.2, 0) is 6.54 Å². The molecule has 1 N–H and O–H groups in total. The van der Waals surface area contributed by atoms with Gasteiger partial charge < -0.3 is 5.32 Å². The number of anilines is 1. The van der Waals surface area contributed by atoms with Crippen molar-refractivity contribution in [3.8, 4) is 0 Å². The molecular formula is C16H20N8. The van der Waals surface area contributed by atoms with Crippen molar-refractivity contribution in [2.45, 2.75) is 32.4 Å². The first-order chi connectivity index (χ1) is 11.8. The van der Waals surface area contributed by atoms with Crippen molar-refractivity contribution < 1.29 is 0 Å². The minimum absolute atomic E-state index is 0.451. The van der Waals surface area contributed by atoms with Gasteiger partial charge in [-0.1, -0.05) is 0 Å². The Labute approximate surface area is 140 Å². The molecule has 0 atom stereocenters. The number of nitrogens with zero attached hydrogens (tertiary/aromatic N) is 7. The molecule has 0 aliphatic carbocycles. The van der Waals surface area contributed by atoms with Gasteiger partial charge in [0.2, 0.25) is 0 Å². The fourth-order valence-electron chi connectivity index (χ4n) is 3.04. The summed E-state index contributed by atoms with van der Waals surface area (Å²) >= 11 is 0. The molecule has 8 heteroatoms. The molecule has 0 spiro atoms. The molecule has 0 aromatic carbocycles. The first-order valence-corrected chi connectivity index (χ1v) is 8.21. The second-order valence-electron chi connectivity index (χ2n) is 6.15. The van der Waals surface area contributed by atoms with Crippen LogP contribution >= 0.6 is 0 Å². The van der Waals surface area contributed by atoms with Crippen LogP contribution in [-0.4, -0.2) is 53.8 Å². The minimum Gasteiger partial charge on any atom is -0.367 e. The average molecular weight is 324 g/mol. The fraction of sp³-hybridized carbons (Fsp3) is 0.438. The molecule has 0 bridgehead atoms. The van der Waals surface area contributed by atoms with Crippen molar-refractivity contribution in [3.63, 3.8) is 0 Å². The molecule has 4 rings (SSSR count). The van der Waals surface area contributed by atoms with Gasteiger partial charge in [0.05, 0.1) is 12.2 Å². The minimum atomic E-state index is 0.451. The van der Waals surface area contributed by atoms with Crippen LogP contribution in [0.2, 0.25) is 0 Å². The monoisotopic (exact) mass is 324 g/mol. The lowest BCUT2D eigenvalue weighted by Crippen LogP contribution is -2.39. The quantitative estimate of drug-likeness (QED) is 0.774.